The van der Waals surface area contributed by atoms with Gasteiger partial charge in [-0.05, 0) is 91.9 Å². The first-order valence-electron chi connectivity index (χ1n) is 14.4. The predicted octanol–water partition coefficient (Wildman–Crippen LogP) is 6.00. The van der Waals surface area contributed by atoms with E-state index in [1.807, 2.05) is 0 Å². The fourth-order valence-corrected chi connectivity index (χ4v) is 9.62. The Kier molecular flexibility index (Phi) is 8.37. The van der Waals surface area contributed by atoms with Gasteiger partial charge in [-0.2, -0.15) is 0 Å². The zero-order valence-electron chi connectivity index (χ0n) is 23.9. The largest absolute Gasteiger partial charge is 0.469 e. The van der Waals surface area contributed by atoms with Gasteiger partial charge in [0.25, 0.3) is 0 Å². The number of rotatable bonds is 7. The Labute approximate surface area is 226 Å². The summed E-state index contributed by atoms with van der Waals surface area (Å²) in [4.78, 5) is 39.7. The average Bonchev–Trinajstić information content (AvgIpc) is 3.21. The third-order valence-corrected chi connectivity index (χ3v) is 11.3. The number of hydrogen-bond acceptors (Lipinski definition) is 7. The summed E-state index contributed by atoms with van der Waals surface area (Å²) in [6, 6.07) is -0.0303. The van der Waals surface area contributed by atoms with Crippen LogP contribution in [-0.2, 0) is 28.6 Å². The molecule has 4 aliphatic rings. The van der Waals surface area contributed by atoms with Crippen LogP contribution in [-0.4, -0.2) is 43.3 Å². The highest BCUT2D eigenvalue weighted by molar-refractivity contribution is 5.69. The van der Waals surface area contributed by atoms with Crippen LogP contribution in [0.3, 0.4) is 0 Å². The summed E-state index contributed by atoms with van der Waals surface area (Å²) >= 11 is 0. The number of carbonyl (C=O) groups is 3. The van der Waals surface area contributed by atoms with Crippen molar-refractivity contribution in [2.75, 3.05) is 7.11 Å². The van der Waals surface area contributed by atoms with Crippen LogP contribution < -0.4 is 0 Å². The molecule has 0 aromatic rings. The number of hydrogen-bond donors (Lipinski definition) is 0. The molecule has 0 N–H and O–H groups in total. The van der Waals surface area contributed by atoms with E-state index in [0.29, 0.717) is 6.42 Å². The van der Waals surface area contributed by atoms with Crippen molar-refractivity contribution in [2.45, 2.75) is 111 Å². The highest BCUT2D eigenvalue weighted by Crippen LogP contribution is 2.69. The van der Waals surface area contributed by atoms with Crippen LogP contribution in [0.15, 0.2) is 5.11 Å². The van der Waals surface area contributed by atoms with E-state index in [9.17, 15) is 14.4 Å². The van der Waals surface area contributed by atoms with Gasteiger partial charge in [0.1, 0.15) is 12.2 Å². The first-order valence-corrected chi connectivity index (χ1v) is 14.4. The van der Waals surface area contributed by atoms with Gasteiger partial charge in [0.05, 0.1) is 7.11 Å². The van der Waals surface area contributed by atoms with Gasteiger partial charge in [-0.25, -0.2) is 0 Å². The van der Waals surface area contributed by atoms with E-state index in [2.05, 4.69) is 30.8 Å². The number of esters is 3. The molecule has 212 valence electrons. The van der Waals surface area contributed by atoms with Gasteiger partial charge in [-0.3, -0.25) is 14.4 Å². The minimum atomic E-state index is -0.272. The molecule has 0 unspecified atom stereocenters. The maximum absolute atomic E-state index is 12.4. The lowest BCUT2D eigenvalue weighted by Gasteiger charge is -2.64. The molecule has 4 aliphatic carbocycles. The Balaban J connectivity index is 1.71. The number of carbonyl (C=O) groups excluding carboxylic acids is 3. The number of methoxy groups -OCH3 is 1. The van der Waals surface area contributed by atoms with E-state index < -0.39 is 0 Å². The Morgan fingerprint density at radius 3 is 2.37 bits per heavy atom. The van der Waals surface area contributed by atoms with Crippen molar-refractivity contribution in [3.63, 3.8) is 0 Å². The third-order valence-electron chi connectivity index (χ3n) is 11.3. The number of fused-ring (bicyclic) bond motifs is 5. The Morgan fingerprint density at radius 2 is 1.74 bits per heavy atom. The highest BCUT2D eigenvalue weighted by atomic mass is 16.5. The van der Waals surface area contributed by atoms with Crippen molar-refractivity contribution in [3.8, 4) is 0 Å². The average molecular weight is 532 g/mol. The van der Waals surface area contributed by atoms with Gasteiger partial charge in [0.15, 0.2) is 0 Å². The molecule has 9 heteroatoms. The summed E-state index contributed by atoms with van der Waals surface area (Å²) in [5.74, 6) is 0.768. The smallest absolute Gasteiger partial charge is 0.305 e. The highest BCUT2D eigenvalue weighted by Gasteiger charge is 2.67. The second-order valence-electron chi connectivity index (χ2n) is 13.0. The molecule has 9 nitrogen and oxygen atoms in total. The molecule has 4 fully saturated rings. The van der Waals surface area contributed by atoms with Crippen molar-refractivity contribution < 1.29 is 28.6 Å². The van der Waals surface area contributed by atoms with E-state index in [4.69, 9.17) is 19.7 Å². The lowest BCUT2D eigenvalue weighted by atomic mass is 9.43. The molecule has 38 heavy (non-hydrogen) atoms. The number of nitrogens with zero attached hydrogens (tertiary/aromatic N) is 3. The molecule has 0 aromatic carbocycles. The van der Waals surface area contributed by atoms with E-state index >= 15 is 0 Å². The van der Waals surface area contributed by atoms with Crippen molar-refractivity contribution >= 4 is 17.9 Å². The zero-order chi connectivity index (χ0) is 27.8. The molecule has 0 saturated heterocycles. The van der Waals surface area contributed by atoms with Crippen molar-refractivity contribution in [1.29, 1.82) is 0 Å². The molecular weight excluding hydrogens is 486 g/mol. The molecule has 4 saturated carbocycles. The monoisotopic (exact) mass is 531 g/mol. The summed E-state index contributed by atoms with van der Waals surface area (Å²) in [6.07, 6.45) is 6.78. The second kappa shape index (κ2) is 11.1. The summed E-state index contributed by atoms with van der Waals surface area (Å²) in [5, 5.41) is 4.05. The zero-order valence-corrected chi connectivity index (χ0v) is 23.9. The van der Waals surface area contributed by atoms with Crippen LogP contribution in [0, 0.1) is 46.3 Å². The summed E-state index contributed by atoms with van der Waals surface area (Å²) in [6.45, 7) is 9.84. The van der Waals surface area contributed by atoms with Crippen LogP contribution in [0.1, 0.15) is 92.4 Å². The van der Waals surface area contributed by atoms with E-state index in [1.54, 1.807) is 0 Å². The van der Waals surface area contributed by atoms with Crippen LogP contribution in [0.25, 0.3) is 10.4 Å². The van der Waals surface area contributed by atoms with Gasteiger partial charge < -0.3 is 14.2 Å². The van der Waals surface area contributed by atoms with Crippen molar-refractivity contribution in [2.24, 2.45) is 51.5 Å². The van der Waals surface area contributed by atoms with Gasteiger partial charge in [0.2, 0.25) is 0 Å². The molecule has 0 spiro atoms. The van der Waals surface area contributed by atoms with Crippen molar-refractivity contribution in [1.82, 2.24) is 0 Å². The van der Waals surface area contributed by atoms with Gasteiger partial charge >= 0.3 is 17.9 Å². The Bertz CT molecular complexity index is 981. The van der Waals surface area contributed by atoms with Gasteiger partial charge in [-0.1, -0.05) is 25.9 Å². The fraction of sp³-hybridized carbons (Fsp3) is 0.897. The second-order valence-corrected chi connectivity index (χ2v) is 13.0. The Hall–Kier alpha value is -2.28. The first-order chi connectivity index (χ1) is 17.9. The summed E-state index contributed by atoms with van der Waals surface area (Å²) in [7, 11) is 1.42. The molecule has 11 atom stereocenters. The first kappa shape index (κ1) is 28.7. The topological polar surface area (TPSA) is 128 Å². The van der Waals surface area contributed by atoms with Crippen LogP contribution in [0.5, 0.6) is 0 Å². The molecule has 0 aromatic heterocycles. The summed E-state index contributed by atoms with van der Waals surface area (Å²) in [5.41, 5.74) is 8.78. The third kappa shape index (κ3) is 5.03. The molecule has 0 amide bonds. The lowest BCUT2D eigenvalue weighted by molar-refractivity contribution is -0.220. The quantitative estimate of drug-likeness (QED) is 0.130. The standard InChI is InChI=1S/C29H45N3O6/c1-16(7-10-26(35)36-6)21-8-9-22-27-23(15-25(29(21,22)5)38-18(3)34)28(4)12-11-20(31-32-30)13-19(28)14-24(27)37-17(2)33/h16,19-25,27H,7-15H2,1-6H3/t16-,19+,20+,21-,22+,23+,24-,25+,27+,28+,29-/m1/s1. The van der Waals surface area contributed by atoms with Gasteiger partial charge in [-0.15, -0.1) is 0 Å². The minimum Gasteiger partial charge on any atom is -0.469 e. The normalized spacial score (nSPS) is 42.4. The molecule has 0 heterocycles. The van der Waals surface area contributed by atoms with Crippen LogP contribution in [0.4, 0.5) is 0 Å². The predicted molar refractivity (Wildman–Crippen MR) is 140 cm³/mol. The minimum absolute atomic E-state index is 0.00287. The molecule has 0 bridgehead atoms. The van der Waals surface area contributed by atoms with E-state index in [-0.39, 0.29) is 82.5 Å². The lowest BCUT2D eigenvalue weighted by Crippen LogP contribution is -2.63. The van der Waals surface area contributed by atoms with Gasteiger partial charge in [0, 0.05) is 42.6 Å². The summed E-state index contributed by atoms with van der Waals surface area (Å²) < 4.78 is 17.2. The fourth-order valence-electron chi connectivity index (χ4n) is 9.62. The molecule has 4 rings (SSSR count). The maximum Gasteiger partial charge on any atom is 0.305 e. The van der Waals surface area contributed by atoms with E-state index in [1.165, 1.54) is 21.0 Å². The molecule has 0 radical (unpaired) electrons. The molecule has 0 aliphatic heterocycles. The van der Waals surface area contributed by atoms with Crippen LogP contribution >= 0.6 is 0 Å². The molecular formula is C29H45N3O6. The number of ether oxygens (including phenoxy) is 3. The van der Waals surface area contributed by atoms with Crippen LogP contribution in [0.2, 0.25) is 0 Å². The maximum atomic E-state index is 12.4. The number of azide groups is 1. The SMILES string of the molecule is COC(=O)CC[C@@H](C)[C@H]1CC[C@H]2[C@@H]3[C@H](OC(C)=O)C[C@@H]4C[C@@H](N=[N+]=[N-])CC[C@]4(C)[C@H]3C[C@H](OC(C)=O)[C@]12C. The van der Waals surface area contributed by atoms with E-state index in [0.717, 1.165) is 51.4 Å². The van der Waals surface area contributed by atoms with Crippen molar-refractivity contribution in [3.05, 3.63) is 10.4 Å². The Morgan fingerprint density at radius 1 is 1.03 bits per heavy atom.